The maximum absolute atomic E-state index is 11.8. The van der Waals surface area contributed by atoms with Crippen LogP contribution in [0.5, 0.6) is 0 Å². The minimum absolute atomic E-state index is 0.204. The van der Waals surface area contributed by atoms with Crippen LogP contribution >= 0.6 is 11.8 Å². The van der Waals surface area contributed by atoms with Crippen molar-refractivity contribution in [2.24, 2.45) is 5.73 Å². The molecule has 0 aliphatic carbocycles. The number of tetrazole rings is 1. The van der Waals surface area contributed by atoms with E-state index < -0.39 is 11.2 Å². The third-order valence-electron chi connectivity index (χ3n) is 3.58. The number of hydrogen-bond acceptors (Lipinski definition) is 6. The molecular formula is C14H17N5O2S. The standard InChI is InChI=1S/C14H17N5O2S/c15-13(20)12(10-4-2-1-3-5-10)22-14-16-17-18-19(14)11-6-8-21-9-7-11/h1-5,11-12H,6-9H2,(H2,15,20). The molecule has 1 aliphatic heterocycles. The number of aromatic nitrogens is 4. The van der Waals surface area contributed by atoms with E-state index in [0.29, 0.717) is 18.4 Å². The molecule has 1 atom stereocenters. The van der Waals surface area contributed by atoms with Gasteiger partial charge >= 0.3 is 0 Å². The molecule has 0 spiro atoms. The predicted molar refractivity (Wildman–Crippen MR) is 81.1 cm³/mol. The first kappa shape index (κ1) is 15.0. The highest BCUT2D eigenvalue weighted by molar-refractivity contribution is 8.00. The maximum atomic E-state index is 11.8. The Hall–Kier alpha value is -1.93. The largest absolute Gasteiger partial charge is 0.381 e. The van der Waals surface area contributed by atoms with Gasteiger partial charge in [0, 0.05) is 13.2 Å². The second-order valence-electron chi connectivity index (χ2n) is 5.06. The molecule has 0 radical (unpaired) electrons. The van der Waals surface area contributed by atoms with E-state index in [4.69, 9.17) is 10.5 Å². The van der Waals surface area contributed by atoms with Crippen molar-refractivity contribution < 1.29 is 9.53 Å². The van der Waals surface area contributed by atoms with Crippen molar-refractivity contribution in [1.82, 2.24) is 20.2 Å². The SMILES string of the molecule is NC(=O)C(Sc1nnnn1C1CCOCC1)c1ccccc1. The Bertz CT molecular complexity index is 627. The van der Waals surface area contributed by atoms with Crippen LogP contribution in [0.4, 0.5) is 0 Å². The molecule has 0 saturated carbocycles. The summed E-state index contributed by atoms with van der Waals surface area (Å²) < 4.78 is 7.15. The zero-order valence-electron chi connectivity index (χ0n) is 12.0. The molecule has 2 heterocycles. The molecule has 1 aromatic carbocycles. The second-order valence-corrected chi connectivity index (χ2v) is 6.13. The van der Waals surface area contributed by atoms with Crippen molar-refractivity contribution in [1.29, 1.82) is 0 Å². The van der Waals surface area contributed by atoms with Crippen LogP contribution in [0.2, 0.25) is 0 Å². The Morgan fingerprint density at radius 3 is 2.73 bits per heavy atom. The first-order chi connectivity index (χ1) is 10.8. The van der Waals surface area contributed by atoms with E-state index in [1.54, 1.807) is 4.68 Å². The van der Waals surface area contributed by atoms with Gasteiger partial charge in [-0.05, 0) is 28.8 Å². The molecule has 2 N–H and O–H groups in total. The van der Waals surface area contributed by atoms with Crippen molar-refractivity contribution in [3.63, 3.8) is 0 Å². The smallest absolute Gasteiger partial charge is 0.235 e. The van der Waals surface area contributed by atoms with E-state index in [0.717, 1.165) is 18.4 Å². The molecule has 2 aromatic rings. The second kappa shape index (κ2) is 6.89. The van der Waals surface area contributed by atoms with E-state index in [1.807, 2.05) is 30.3 Å². The molecule has 1 unspecified atom stereocenters. The summed E-state index contributed by atoms with van der Waals surface area (Å²) in [7, 11) is 0. The summed E-state index contributed by atoms with van der Waals surface area (Å²) in [6, 6.07) is 9.63. The number of nitrogens with two attached hydrogens (primary N) is 1. The van der Waals surface area contributed by atoms with Crippen molar-refractivity contribution >= 4 is 17.7 Å². The number of thioether (sulfide) groups is 1. The van der Waals surface area contributed by atoms with Gasteiger partial charge in [0.05, 0.1) is 6.04 Å². The predicted octanol–water partition coefficient (Wildman–Crippen LogP) is 1.34. The number of rotatable bonds is 5. The van der Waals surface area contributed by atoms with Crippen LogP contribution in [0.3, 0.4) is 0 Å². The van der Waals surface area contributed by atoms with Gasteiger partial charge in [-0.25, -0.2) is 4.68 Å². The summed E-state index contributed by atoms with van der Waals surface area (Å²) in [5.74, 6) is -0.405. The summed E-state index contributed by atoms with van der Waals surface area (Å²) in [6.07, 6.45) is 1.73. The molecule has 116 valence electrons. The van der Waals surface area contributed by atoms with Crippen molar-refractivity contribution in [3.05, 3.63) is 35.9 Å². The minimum atomic E-state index is -0.509. The van der Waals surface area contributed by atoms with Gasteiger partial charge in [0.1, 0.15) is 5.25 Å². The van der Waals surface area contributed by atoms with Gasteiger partial charge < -0.3 is 10.5 Å². The number of hydrogen-bond donors (Lipinski definition) is 1. The lowest BCUT2D eigenvalue weighted by atomic mass is 10.1. The maximum Gasteiger partial charge on any atom is 0.235 e. The normalized spacial score (nSPS) is 17.3. The van der Waals surface area contributed by atoms with Crippen molar-refractivity contribution in [3.8, 4) is 0 Å². The van der Waals surface area contributed by atoms with Crippen LogP contribution < -0.4 is 5.73 Å². The zero-order chi connectivity index (χ0) is 15.4. The highest BCUT2D eigenvalue weighted by atomic mass is 32.2. The van der Waals surface area contributed by atoms with Gasteiger partial charge in [-0.15, -0.1) is 5.10 Å². The summed E-state index contributed by atoms with van der Waals surface area (Å²) >= 11 is 1.29. The van der Waals surface area contributed by atoms with Crippen LogP contribution in [0.25, 0.3) is 0 Å². The average Bonchev–Trinajstić information content (AvgIpc) is 3.02. The van der Waals surface area contributed by atoms with E-state index in [2.05, 4.69) is 15.5 Å². The van der Waals surface area contributed by atoms with E-state index in [9.17, 15) is 4.79 Å². The first-order valence-corrected chi connectivity index (χ1v) is 8.00. The first-order valence-electron chi connectivity index (χ1n) is 7.12. The third kappa shape index (κ3) is 3.28. The Labute approximate surface area is 132 Å². The topological polar surface area (TPSA) is 95.9 Å². The third-order valence-corrected chi connectivity index (χ3v) is 4.80. The molecule has 1 fully saturated rings. The van der Waals surface area contributed by atoms with Crippen LogP contribution in [0.1, 0.15) is 29.7 Å². The van der Waals surface area contributed by atoms with Gasteiger partial charge in [-0.3, -0.25) is 4.79 Å². The lowest BCUT2D eigenvalue weighted by molar-refractivity contribution is -0.117. The van der Waals surface area contributed by atoms with Crippen LogP contribution in [0, 0.1) is 0 Å². The fourth-order valence-corrected chi connectivity index (χ4v) is 3.44. The zero-order valence-corrected chi connectivity index (χ0v) is 12.8. The van der Waals surface area contributed by atoms with Gasteiger partial charge in [-0.1, -0.05) is 42.1 Å². The highest BCUT2D eigenvalue weighted by Crippen LogP contribution is 2.35. The minimum Gasteiger partial charge on any atom is -0.381 e. The number of carbonyl (C=O) groups excluding carboxylic acids is 1. The number of amides is 1. The number of benzene rings is 1. The van der Waals surface area contributed by atoms with Crippen LogP contribution in [-0.2, 0) is 9.53 Å². The molecule has 22 heavy (non-hydrogen) atoms. The van der Waals surface area contributed by atoms with Gasteiger partial charge in [0.2, 0.25) is 11.1 Å². The van der Waals surface area contributed by atoms with Gasteiger partial charge in [0.15, 0.2) is 0 Å². The number of ether oxygens (including phenoxy) is 1. The highest BCUT2D eigenvalue weighted by Gasteiger charge is 2.26. The van der Waals surface area contributed by atoms with Crippen molar-refractivity contribution in [2.45, 2.75) is 29.3 Å². The molecular weight excluding hydrogens is 302 g/mol. The summed E-state index contributed by atoms with van der Waals surface area (Å²) in [6.45, 7) is 1.40. The summed E-state index contributed by atoms with van der Waals surface area (Å²) in [5.41, 5.74) is 6.40. The Kier molecular flexibility index (Phi) is 4.69. The summed E-state index contributed by atoms with van der Waals surface area (Å²) in [5, 5.41) is 12.0. The molecule has 3 rings (SSSR count). The Morgan fingerprint density at radius 1 is 1.32 bits per heavy atom. The van der Waals surface area contributed by atoms with E-state index in [-0.39, 0.29) is 6.04 Å². The molecule has 1 aromatic heterocycles. The van der Waals surface area contributed by atoms with E-state index >= 15 is 0 Å². The fourth-order valence-electron chi connectivity index (χ4n) is 2.45. The van der Waals surface area contributed by atoms with E-state index in [1.165, 1.54) is 11.8 Å². The molecule has 0 bridgehead atoms. The molecule has 8 heteroatoms. The molecule has 7 nitrogen and oxygen atoms in total. The lowest BCUT2D eigenvalue weighted by Gasteiger charge is -2.23. The van der Waals surface area contributed by atoms with Crippen LogP contribution in [-0.4, -0.2) is 39.3 Å². The monoisotopic (exact) mass is 319 g/mol. The lowest BCUT2D eigenvalue weighted by Crippen LogP contribution is -2.23. The van der Waals surface area contributed by atoms with Gasteiger partial charge in [-0.2, -0.15) is 0 Å². The molecule has 1 saturated heterocycles. The summed E-state index contributed by atoms with van der Waals surface area (Å²) in [4.78, 5) is 11.8. The Balaban J connectivity index is 1.82. The van der Waals surface area contributed by atoms with Crippen LogP contribution in [0.15, 0.2) is 35.5 Å². The molecule has 1 amide bonds. The fraction of sp³-hybridized carbons (Fsp3) is 0.429. The number of nitrogens with zero attached hydrogens (tertiary/aromatic N) is 4. The van der Waals surface area contributed by atoms with Crippen molar-refractivity contribution in [2.75, 3.05) is 13.2 Å². The Morgan fingerprint density at radius 2 is 2.05 bits per heavy atom. The average molecular weight is 319 g/mol. The molecule has 1 aliphatic rings. The van der Waals surface area contributed by atoms with Gasteiger partial charge in [0.25, 0.3) is 0 Å². The number of carbonyl (C=O) groups is 1. The number of primary amides is 1. The quantitative estimate of drug-likeness (QED) is 0.836.